The molecule has 3 rings (SSSR count). The van der Waals surface area contributed by atoms with Crippen LogP contribution in [0.3, 0.4) is 0 Å². The van der Waals surface area contributed by atoms with Crippen LogP contribution < -0.4 is 14.8 Å². The van der Waals surface area contributed by atoms with Crippen LogP contribution >= 0.6 is 34.8 Å². The van der Waals surface area contributed by atoms with E-state index in [1.165, 1.54) is 19.2 Å². The van der Waals surface area contributed by atoms with Crippen molar-refractivity contribution in [1.29, 1.82) is 0 Å². The first-order valence-corrected chi connectivity index (χ1v) is 9.92. The van der Waals surface area contributed by atoms with E-state index >= 15 is 0 Å². The lowest BCUT2D eigenvalue weighted by Gasteiger charge is -2.15. The molecule has 0 atom stereocenters. The number of benzene rings is 3. The minimum Gasteiger partial charge on any atom is -0.493 e. The van der Waals surface area contributed by atoms with Crippen molar-refractivity contribution in [3.05, 3.63) is 90.9 Å². The molecule has 156 valence electrons. The number of rotatable bonds is 8. The zero-order chi connectivity index (χ0) is 21.7. The first-order valence-electron chi connectivity index (χ1n) is 8.79. The molecule has 0 saturated carbocycles. The van der Waals surface area contributed by atoms with Gasteiger partial charge in [-0.1, -0.05) is 46.9 Å². The standard InChI is InChI=1S/C21H17Cl3N2O4/c1-29-20-8-13(11-25-16-3-2-4-17(10-16)26(27)28)7-19(24)21(20)30-12-14-5-6-15(22)9-18(14)23/h2-10,25H,11-12H2,1H3. The van der Waals surface area contributed by atoms with Crippen LogP contribution in [-0.4, -0.2) is 12.0 Å². The highest BCUT2D eigenvalue weighted by atomic mass is 35.5. The fraction of sp³-hybridized carbons (Fsp3) is 0.143. The lowest BCUT2D eigenvalue weighted by Crippen LogP contribution is -2.03. The van der Waals surface area contributed by atoms with Crippen molar-refractivity contribution in [3.8, 4) is 11.5 Å². The van der Waals surface area contributed by atoms with Gasteiger partial charge in [-0.2, -0.15) is 0 Å². The molecule has 0 spiro atoms. The van der Waals surface area contributed by atoms with Gasteiger partial charge in [0, 0.05) is 40.0 Å². The number of anilines is 1. The van der Waals surface area contributed by atoms with Crippen LogP contribution in [-0.2, 0) is 13.2 Å². The quantitative estimate of drug-likeness (QED) is 0.293. The summed E-state index contributed by atoms with van der Waals surface area (Å²) >= 11 is 18.5. The van der Waals surface area contributed by atoms with Crippen molar-refractivity contribution in [3.63, 3.8) is 0 Å². The van der Waals surface area contributed by atoms with Crippen LogP contribution in [0.1, 0.15) is 11.1 Å². The molecule has 0 fully saturated rings. The minimum absolute atomic E-state index is 0.0141. The second kappa shape index (κ2) is 9.89. The summed E-state index contributed by atoms with van der Waals surface area (Å²) in [6.45, 7) is 0.581. The summed E-state index contributed by atoms with van der Waals surface area (Å²) in [5.74, 6) is 0.854. The number of hydrogen-bond donors (Lipinski definition) is 1. The number of hydrogen-bond acceptors (Lipinski definition) is 5. The van der Waals surface area contributed by atoms with Gasteiger partial charge in [-0.3, -0.25) is 10.1 Å². The average molecular weight is 468 g/mol. The number of halogens is 3. The second-order valence-corrected chi connectivity index (χ2v) is 7.55. The summed E-state index contributed by atoms with van der Waals surface area (Å²) in [4.78, 5) is 10.5. The van der Waals surface area contributed by atoms with E-state index in [0.29, 0.717) is 38.8 Å². The molecule has 0 aliphatic heterocycles. The van der Waals surface area contributed by atoms with Gasteiger partial charge < -0.3 is 14.8 Å². The van der Waals surface area contributed by atoms with Crippen LogP contribution in [0.15, 0.2) is 54.6 Å². The van der Waals surface area contributed by atoms with Crippen molar-refractivity contribution in [1.82, 2.24) is 0 Å². The second-order valence-electron chi connectivity index (χ2n) is 6.29. The monoisotopic (exact) mass is 466 g/mol. The maximum atomic E-state index is 10.9. The number of nitrogens with one attached hydrogen (secondary N) is 1. The summed E-state index contributed by atoms with van der Waals surface area (Å²) in [6.07, 6.45) is 0. The Kier molecular flexibility index (Phi) is 7.26. The van der Waals surface area contributed by atoms with Crippen molar-refractivity contribution in [2.75, 3.05) is 12.4 Å². The van der Waals surface area contributed by atoms with Crippen LogP contribution in [0, 0.1) is 10.1 Å². The Morgan fingerprint density at radius 2 is 1.83 bits per heavy atom. The highest BCUT2D eigenvalue weighted by molar-refractivity contribution is 6.35. The van der Waals surface area contributed by atoms with E-state index in [9.17, 15) is 10.1 Å². The molecule has 0 saturated heterocycles. The van der Waals surface area contributed by atoms with Gasteiger partial charge >= 0.3 is 0 Å². The minimum atomic E-state index is -0.440. The van der Waals surface area contributed by atoms with Gasteiger partial charge in [-0.05, 0) is 35.9 Å². The summed E-state index contributed by atoms with van der Waals surface area (Å²) in [6, 6.07) is 14.9. The van der Waals surface area contributed by atoms with E-state index < -0.39 is 4.92 Å². The van der Waals surface area contributed by atoms with Gasteiger partial charge in [0.25, 0.3) is 5.69 Å². The fourth-order valence-electron chi connectivity index (χ4n) is 2.74. The molecule has 0 unspecified atom stereocenters. The topological polar surface area (TPSA) is 73.6 Å². The molecule has 3 aromatic rings. The van der Waals surface area contributed by atoms with Crippen LogP contribution in [0.4, 0.5) is 11.4 Å². The Labute approximate surface area is 188 Å². The Hall–Kier alpha value is -2.67. The predicted octanol–water partition coefficient (Wildman–Crippen LogP) is 6.75. The van der Waals surface area contributed by atoms with E-state index in [1.807, 2.05) is 0 Å². The molecule has 0 heterocycles. The number of methoxy groups -OCH3 is 1. The molecule has 1 N–H and O–H groups in total. The molecule has 0 amide bonds. The van der Waals surface area contributed by atoms with Crippen molar-refractivity contribution < 1.29 is 14.4 Å². The zero-order valence-electron chi connectivity index (χ0n) is 15.8. The molecule has 0 aliphatic carbocycles. The first-order chi connectivity index (χ1) is 14.4. The third-order valence-corrected chi connectivity index (χ3v) is 5.10. The lowest BCUT2D eigenvalue weighted by atomic mass is 10.2. The molecule has 0 bridgehead atoms. The normalized spacial score (nSPS) is 10.5. The van der Waals surface area contributed by atoms with E-state index in [1.54, 1.807) is 42.5 Å². The highest BCUT2D eigenvalue weighted by Gasteiger charge is 2.14. The van der Waals surface area contributed by atoms with Gasteiger partial charge in [-0.15, -0.1) is 0 Å². The molecule has 9 heteroatoms. The molecule has 30 heavy (non-hydrogen) atoms. The third kappa shape index (κ3) is 5.48. The van der Waals surface area contributed by atoms with Gasteiger partial charge in [0.15, 0.2) is 11.5 Å². The molecule has 3 aromatic carbocycles. The molecule has 6 nitrogen and oxygen atoms in total. The summed E-state index contributed by atoms with van der Waals surface area (Å²) in [5, 5.41) is 15.5. The summed E-state index contributed by atoms with van der Waals surface area (Å²) in [5.41, 5.74) is 2.22. The summed E-state index contributed by atoms with van der Waals surface area (Å²) in [7, 11) is 1.52. The number of nitrogens with zero attached hydrogens (tertiary/aromatic N) is 1. The average Bonchev–Trinajstić information content (AvgIpc) is 2.72. The highest BCUT2D eigenvalue weighted by Crippen LogP contribution is 2.37. The predicted molar refractivity (Wildman–Crippen MR) is 119 cm³/mol. The van der Waals surface area contributed by atoms with Crippen molar-refractivity contribution in [2.45, 2.75) is 13.2 Å². The first kappa shape index (κ1) is 22.0. The SMILES string of the molecule is COc1cc(CNc2cccc([N+](=O)[O-])c2)cc(Cl)c1OCc1ccc(Cl)cc1Cl. The van der Waals surface area contributed by atoms with Gasteiger partial charge in [0.1, 0.15) is 6.61 Å². The van der Waals surface area contributed by atoms with Crippen LogP contribution in [0.5, 0.6) is 11.5 Å². The Bertz CT molecular complexity index is 1080. The zero-order valence-corrected chi connectivity index (χ0v) is 18.1. The van der Waals surface area contributed by atoms with E-state index in [2.05, 4.69) is 5.32 Å². The van der Waals surface area contributed by atoms with E-state index in [4.69, 9.17) is 44.3 Å². The molecule has 0 aromatic heterocycles. The van der Waals surface area contributed by atoms with Gasteiger partial charge in [0.2, 0.25) is 0 Å². The molecule has 0 radical (unpaired) electrons. The number of non-ortho nitro benzene ring substituents is 1. The van der Waals surface area contributed by atoms with E-state index in [0.717, 1.165) is 11.1 Å². The maximum Gasteiger partial charge on any atom is 0.271 e. The van der Waals surface area contributed by atoms with Crippen molar-refractivity contribution >= 4 is 46.2 Å². The Morgan fingerprint density at radius 3 is 2.53 bits per heavy atom. The Balaban J connectivity index is 1.73. The molecular formula is C21H17Cl3N2O4. The lowest BCUT2D eigenvalue weighted by molar-refractivity contribution is -0.384. The largest absolute Gasteiger partial charge is 0.493 e. The third-order valence-electron chi connectivity index (χ3n) is 4.23. The number of ether oxygens (including phenoxy) is 2. The smallest absolute Gasteiger partial charge is 0.271 e. The number of nitro groups is 1. The molecular weight excluding hydrogens is 451 g/mol. The van der Waals surface area contributed by atoms with Gasteiger partial charge in [-0.25, -0.2) is 0 Å². The van der Waals surface area contributed by atoms with E-state index in [-0.39, 0.29) is 12.3 Å². The summed E-state index contributed by atoms with van der Waals surface area (Å²) < 4.78 is 11.3. The van der Waals surface area contributed by atoms with Crippen LogP contribution in [0.2, 0.25) is 15.1 Å². The fourth-order valence-corrected chi connectivity index (χ4v) is 3.49. The Morgan fingerprint density at radius 1 is 1.03 bits per heavy atom. The maximum absolute atomic E-state index is 10.9. The van der Waals surface area contributed by atoms with Gasteiger partial charge in [0.05, 0.1) is 17.1 Å². The van der Waals surface area contributed by atoms with Crippen molar-refractivity contribution in [2.24, 2.45) is 0 Å². The number of nitro benzene ring substituents is 1. The van der Waals surface area contributed by atoms with Crippen LogP contribution in [0.25, 0.3) is 0 Å². The molecule has 0 aliphatic rings.